The van der Waals surface area contributed by atoms with Crippen LogP contribution in [0.3, 0.4) is 0 Å². The Kier molecular flexibility index (Phi) is 4.86. The molecule has 21 heavy (non-hydrogen) atoms. The number of amides is 1. The lowest BCUT2D eigenvalue weighted by molar-refractivity contribution is -0.134. The molecule has 4 heteroatoms. The first-order chi connectivity index (χ1) is 10.3. The molecular weight excluding hydrogens is 282 g/mol. The highest BCUT2D eigenvalue weighted by atomic mass is 32.2. The second kappa shape index (κ2) is 6.84. The normalized spacial score (nSPS) is 20.9. The van der Waals surface area contributed by atoms with Gasteiger partial charge >= 0.3 is 0 Å². The molecule has 0 radical (unpaired) electrons. The molecule has 0 atom stereocenters. The predicted molar refractivity (Wildman–Crippen MR) is 86.3 cm³/mol. The lowest BCUT2D eigenvalue weighted by atomic mass is 10.0. The van der Waals surface area contributed by atoms with Crippen molar-refractivity contribution in [1.29, 1.82) is 0 Å². The molecule has 0 unspecified atom stereocenters. The fourth-order valence-corrected chi connectivity index (χ4v) is 4.31. The number of carbonyl (C=O) groups is 1. The highest BCUT2D eigenvalue weighted by Crippen LogP contribution is 2.41. The zero-order chi connectivity index (χ0) is 14.5. The Morgan fingerprint density at radius 1 is 1.24 bits per heavy atom. The third-order valence-electron chi connectivity index (χ3n) is 4.39. The van der Waals surface area contributed by atoms with Gasteiger partial charge in [0.1, 0.15) is 4.93 Å². The van der Waals surface area contributed by atoms with E-state index < -0.39 is 0 Å². The summed E-state index contributed by atoms with van der Waals surface area (Å²) >= 11 is 1.93. The van der Waals surface area contributed by atoms with Crippen molar-refractivity contribution < 1.29 is 9.53 Å². The molecular formula is C17H23NO2S. The summed E-state index contributed by atoms with van der Waals surface area (Å²) in [4.78, 5) is 14.3. The van der Waals surface area contributed by atoms with Gasteiger partial charge in [0.15, 0.2) is 0 Å². The second-order valence-corrected chi connectivity index (χ2v) is 7.27. The smallest absolute Gasteiger partial charge is 0.222 e. The van der Waals surface area contributed by atoms with Gasteiger partial charge in [-0.3, -0.25) is 4.79 Å². The largest absolute Gasteiger partial charge is 0.363 e. The molecule has 0 bridgehead atoms. The minimum absolute atomic E-state index is 0.0286. The first-order valence-electron chi connectivity index (χ1n) is 7.87. The third-order valence-corrected chi connectivity index (χ3v) is 5.81. The molecule has 0 N–H and O–H groups in total. The molecule has 114 valence electrons. The van der Waals surface area contributed by atoms with E-state index in [2.05, 4.69) is 24.3 Å². The third kappa shape index (κ3) is 3.80. The minimum atomic E-state index is 0.0286. The lowest BCUT2D eigenvalue weighted by Crippen LogP contribution is -2.45. The zero-order valence-electron chi connectivity index (χ0n) is 12.4. The number of benzene rings is 1. The molecule has 1 spiro atoms. The summed E-state index contributed by atoms with van der Waals surface area (Å²) in [6.07, 6.45) is 4.57. The Bertz CT molecular complexity index is 461. The maximum atomic E-state index is 12.3. The van der Waals surface area contributed by atoms with Crippen LogP contribution in [0.2, 0.25) is 0 Å². The van der Waals surface area contributed by atoms with E-state index in [4.69, 9.17) is 4.74 Å². The summed E-state index contributed by atoms with van der Waals surface area (Å²) in [5.74, 6) is 1.41. The number of thioether (sulfide) groups is 1. The lowest BCUT2D eigenvalue weighted by Gasteiger charge is -2.37. The van der Waals surface area contributed by atoms with Crippen LogP contribution in [0.4, 0.5) is 0 Å². The summed E-state index contributed by atoms with van der Waals surface area (Å²) in [6.45, 7) is 2.59. The molecule has 0 saturated carbocycles. The van der Waals surface area contributed by atoms with Crippen LogP contribution in [-0.2, 0) is 16.0 Å². The molecule has 2 aliphatic heterocycles. The number of aryl methyl sites for hydroxylation is 1. The van der Waals surface area contributed by atoms with Crippen molar-refractivity contribution in [1.82, 2.24) is 4.90 Å². The van der Waals surface area contributed by atoms with Crippen molar-refractivity contribution in [3.63, 3.8) is 0 Å². The van der Waals surface area contributed by atoms with Crippen LogP contribution in [0.5, 0.6) is 0 Å². The molecule has 1 aromatic carbocycles. The molecule has 2 heterocycles. The van der Waals surface area contributed by atoms with Crippen molar-refractivity contribution in [3.8, 4) is 0 Å². The van der Waals surface area contributed by atoms with Crippen molar-refractivity contribution >= 4 is 17.7 Å². The van der Waals surface area contributed by atoms with Crippen molar-refractivity contribution in [2.45, 2.75) is 37.0 Å². The molecule has 3 nitrogen and oxygen atoms in total. The van der Waals surface area contributed by atoms with E-state index in [-0.39, 0.29) is 4.93 Å². The monoisotopic (exact) mass is 305 g/mol. The van der Waals surface area contributed by atoms with Crippen molar-refractivity contribution in [2.24, 2.45) is 0 Å². The first kappa shape index (κ1) is 14.9. The van der Waals surface area contributed by atoms with Crippen LogP contribution in [0.1, 0.15) is 31.2 Å². The summed E-state index contributed by atoms with van der Waals surface area (Å²) in [5, 5.41) is 0. The average molecular weight is 305 g/mol. The second-order valence-electron chi connectivity index (χ2n) is 5.83. The molecule has 1 amide bonds. The molecule has 2 aliphatic rings. The molecule has 2 saturated heterocycles. The molecule has 2 fully saturated rings. The summed E-state index contributed by atoms with van der Waals surface area (Å²) < 4.78 is 5.87. The number of likely N-dealkylation sites (tertiary alicyclic amines) is 1. The number of hydrogen-bond donors (Lipinski definition) is 0. The van der Waals surface area contributed by atoms with Gasteiger partial charge in [0.25, 0.3) is 0 Å². The highest BCUT2D eigenvalue weighted by molar-refractivity contribution is 8.00. The van der Waals surface area contributed by atoms with Crippen LogP contribution in [0, 0.1) is 0 Å². The van der Waals surface area contributed by atoms with Crippen molar-refractivity contribution in [2.75, 3.05) is 25.4 Å². The van der Waals surface area contributed by atoms with Gasteiger partial charge in [0.05, 0.1) is 6.61 Å². The number of hydrogen-bond acceptors (Lipinski definition) is 3. The topological polar surface area (TPSA) is 29.5 Å². The number of nitrogens with zero attached hydrogens (tertiary/aromatic N) is 1. The first-order valence-corrected chi connectivity index (χ1v) is 8.86. The van der Waals surface area contributed by atoms with Gasteiger partial charge in [0, 0.05) is 38.1 Å². The van der Waals surface area contributed by atoms with Gasteiger partial charge in [-0.2, -0.15) is 0 Å². The van der Waals surface area contributed by atoms with E-state index in [1.165, 1.54) is 5.56 Å². The number of ether oxygens (including phenoxy) is 1. The van der Waals surface area contributed by atoms with Crippen molar-refractivity contribution in [3.05, 3.63) is 35.9 Å². The Balaban J connectivity index is 1.40. The van der Waals surface area contributed by atoms with Crippen LogP contribution in [-0.4, -0.2) is 41.2 Å². The Morgan fingerprint density at radius 2 is 2.00 bits per heavy atom. The predicted octanol–water partition coefficient (Wildman–Crippen LogP) is 3.09. The van der Waals surface area contributed by atoms with Crippen LogP contribution in [0.15, 0.2) is 30.3 Å². The van der Waals surface area contributed by atoms with Gasteiger partial charge in [-0.15, -0.1) is 11.8 Å². The van der Waals surface area contributed by atoms with Gasteiger partial charge < -0.3 is 9.64 Å². The molecule has 0 aromatic heterocycles. The Morgan fingerprint density at radius 3 is 2.67 bits per heavy atom. The number of piperidine rings is 1. The van der Waals surface area contributed by atoms with E-state index in [9.17, 15) is 4.79 Å². The summed E-state index contributed by atoms with van der Waals surface area (Å²) in [6, 6.07) is 10.4. The standard InChI is InChI=1S/C17H23NO2S/c19-16(8-4-7-15-5-2-1-3-6-15)18-11-9-17(10-12-18)20-13-14-21-17/h1-3,5-6H,4,7-14H2. The maximum absolute atomic E-state index is 12.3. The molecule has 3 rings (SSSR count). The maximum Gasteiger partial charge on any atom is 0.222 e. The van der Waals surface area contributed by atoms with E-state index in [0.717, 1.165) is 51.1 Å². The summed E-state index contributed by atoms with van der Waals surface area (Å²) in [5.41, 5.74) is 1.32. The van der Waals surface area contributed by atoms with E-state index >= 15 is 0 Å². The van der Waals surface area contributed by atoms with Gasteiger partial charge in [-0.25, -0.2) is 0 Å². The fraction of sp³-hybridized carbons (Fsp3) is 0.588. The SMILES string of the molecule is O=C(CCCc1ccccc1)N1CCC2(CC1)OCCS2. The number of rotatable bonds is 4. The highest BCUT2D eigenvalue weighted by Gasteiger charge is 2.39. The quantitative estimate of drug-likeness (QED) is 0.856. The van der Waals surface area contributed by atoms with Gasteiger partial charge in [-0.1, -0.05) is 30.3 Å². The van der Waals surface area contributed by atoms with E-state index in [1.54, 1.807) is 0 Å². The summed E-state index contributed by atoms with van der Waals surface area (Å²) in [7, 11) is 0. The number of carbonyl (C=O) groups excluding carboxylic acids is 1. The zero-order valence-corrected chi connectivity index (χ0v) is 13.2. The van der Waals surface area contributed by atoms with Crippen LogP contribution < -0.4 is 0 Å². The van der Waals surface area contributed by atoms with Crippen LogP contribution in [0.25, 0.3) is 0 Å². The Hall–Kier alpha value is -1.00. The Labute approximate surface area is 131 Å². The van der Waals surface area contributed by atoms with Gasteiger partial charge in [-0.05, 0) is 18.4 Å². The minimum Gasteiger partial charge on any atom is -0.363 e. The van der Waals surface area contributed by atoms with E-state index in [0.29, 0.717) is 12.3 Å². The molecule has 1 aromatic rings. The molecule has 0 aliphatic carbocycles. The van der Waals surface area contributed by atoms with Gasteiger partial charge in [0.2, 0.25) is 5.91 Å². The van der Waals surface area contributed by atoms with Crippen LogP contribution >= 0.6 is 11.8 Å². The fourth-order valence-electron chi connectivity index (χ4n) is 3.13. The van der Waals surface area contributed by atoms with E-state index in [1.807, 2.05) is 22.7 Å². The average Bonchev–Trinajstić information content (AvgIpc) is 2.97.